The fraction of sp³-hybridized carbons (Fsp3) is 0.200. The molecule has 2 rings (SSSR count). The van der Waals surface area contributed by atoms with Gasteiger partial charge in [0.2, 0.25) is 0 Å². The van der Waals surface area contributed by atoms with Crippen LogP contribution >= 0.6 is 0 Å². The lowest BCUT2D eigenvalue weighted by Crippen LogP contribution is -2.00. The molecule has 0 aliphatic heterocycles. The van der Waals surface area contributed by atoms with Crippen molar-refractivity contribution in [3.8, 4) is 5.75 Å². The summed E-state index contributed by atoms with van der Waals surface area (Å²) >= 11 is 0. The number of para-hydroxylation sites is 2. The zero-order valence-electron chi connectivity index (χ0n) is 10.7. The number of ether oxygens (including phenoxy) is 1. The fourth-order valence-corrected chi connectivity index (χ4v) is 1.77. The summed E-state index contributed by atoms with van der Waals surface area (Å²) in [5, 5.41) is 3.32. The Morgan fingerprint density at radius 2 is 1.89 bits per heavy atom. The molecule has 18 heavy (non-hydrogen) atoms. The molecule has 3 nitrogen and oxygen atoms in total. The van der Waals surface area contributed by atoms with E-state index in [0.717, 1.165) is 22.8 Å². The number of anilines is 3. The maximum Gasteiger partial charge on any atom is 0.142 e. The highest BCUT2D eigenvalue weighted by atomic mass is 16.5. The van der Waals surface area contributed by atoms with Crippen LogP contribution in [0.4, 0.5) is 17.1 Å². The number of aryl methyl sites for hydroxylation is 1. The summed E-state index contributed by atoms with van der Waals surface area (Å²) in [6, 6.07) is 13.8. The second-order valence-corrected chi connectivity index (χ2v) is 4.14. The molecule has 0 bridgehead atoms. The minimum atomic E-state index is 0.641. The van der Waals surface area contributed by atoms with Crippen LogP contribution < -0.4 is 15.8 Å². The largest absolute Gasteiger partial charge is 0.492 e. The van der Waals surface area contributed by atoms with E-state index in [1.165, 1.54) is 5.56 Å². The van der Waals surface area contributed by atoms with Crippen LogP contribution in [0.25, 0.3) is 0 Å². The Morgan fingerprint density at radius 1 is 1.11 bits per heavy atom. The van der Waals surface area contributed by atoms with Crippen molar-refractivity contribution in [3.63, 3.8) is 0 Å². The van der Waals surface area contributed by atoms with Crippen molar-refractivity contribution in [2.75, 3.05) is 17.7 Å². The van der Waals surface area contributed by atoms with Gasteiger partial charge >= 0.3 is 0 Å². The van der Waals surface area contributed by atoms with Gasteiger partial charge in [0.15, 0.2) is 0 Å². The van der Waals surface area contributed by atoms with E-state index in [1.54, 1.807) is 0 Å². The summed E-state index contributed by atoms with van der Waals surface area (Å²) in [4.78, 5) is 0. The molecule has 2 aromatic rings. The lowest BCUT2D eigenvalue weighted by Gasteiger charge is -2.14. The smallest absolute Gasteiger partial charge is 0.142 e. The van der Waals surface area contributed by atoms with Crippen molar-refractivity contribution in [1.29, 1.82) is 0 Å². The van der Waals surface area contributed by atoms with Gasteiger partial charge in [-0.25, -0.2) is 0 Å². The molecular formula is C15H18N2O. The minimum absolute atomic E-state index is 0.641. The molecule has 94 valence electrons. The van der Waals surface area contributed by atoms with Gasteiger partial charge in [0.05, 0.1) is 23.7 Å². The van der Waals surface area contributed by atoms with Crippen LogP contribution in [0.5, 0.6) is 5.75 Å². The van der Waals surface area contributed by atoms with Gasteiger partial charge in [-0.3, -0.25) is 0 Å². The molecule has 0 radical (unpaired) electrons. The van der Waals surface area contributed by atoms with E-state index >= 15 is 0 Å². The summed E-state index contributed by atoms with van der Waals surface area (Å²) in [6.07, 6.45) is 0. The van der Waals surface area contributed by atoms with Gasteiger partial charge in [-0.1, -0.05) is 18.2 Å². The van der Waals surface area contributed by atoms with Crippen molar-refractivity contribution < 1.29 is 4.74 Å². The minimum Gasteiger partial charge on any atom is -0.492 e. The van der Waals surface area contributed by atoms with Crippen molar-refractivity contribution >= 4 is 17.1 Å². The third-order valence-corrected chi connectivity index (χ3v) is 2.67. The third kappa shape index (κ3) is 2.74. The number of benzene rings is 2. The first-order chi connectivity index (χ1) is 8.70. The Hall–Kier alpha value is -2.16. The Labute approximate surface area is 108 Å². The van der Waals surface area contributed by atoms with Crippen LogP contribution in [0.1, 0.15) is 12.5 Å². The van der Waals surface area contributed by atoms with Gasteiger partial charge in [0.1, 0.15) is 5.75 Å². The summed E-state index contributed by atoms with van der Waals surface area (Å²) in [5.74, 6) is 0.834. The van der Waals surface area contributed by atoms with Crippen LogP contribution in [-0.4, -0.2) is 6.61 Å². The number of rotatable bonds is 4. The van der Waals surface area contributed by atoms with Crippen molar-refractivity contribution in [3.05, 3.63) is 48.0 Å². The molecule has 3 heteroatoms. The van der Waals surface area contributed by atoms with E-state index in [9.17, 15) is 0 Å². The zero-order valence-corrected chi connectivity index (χ0v) is 10.7. The van der Waals surface area contributed by atoms with Crippen LogP contribution in [0.3, 0.4) is 0 Å². The number of nitrogens with one attached hydrogen (secondary N) is 1. The van der Waals surface area contributed by atoms with E-state index in [4.69, 9.17) is 10.5 Å². The SMILES string of the molecule is CCOc1ccccc1Nc1cc(C)ccc1N. The molecule has 0 unspecified atom stereocenters. The Bertz CT molecular complexity index is 538. The molecule has 0 atom stereocenters. The highest BCUT2D eigenvalue weighted by Gasteiger charge is 2.05. The van der Waals surface area contributed by atoms with Crippen molar-refractivity contribution in [1.82, 2.24) is 0 Å². The second-order valence-electron chi connectivity index (χ2n) is 4.14. The van der Waals surface area contributed by atoms with Crippen LogP contribution in [0, 0.1) is 6.92 Å². The number of hydrogen-bond donors (Lipinski definition) is 2. The number of nitrogens with two attached hydrogens (primary N) is 1. The van der Waals surface area contributed by atoms with Crippen LogP contribution in [0.15, 0.2) is 42.5 Å². The Balaban J connectivity index is 2.30. The quantitative estimate of drug-likeness (QED) is 0.803. The molecule has 0 saturated carbocycles. The van der Waals surface area contributed by atoms with Gasteiger partial charge in [-0.2, -0.15) is 0 Å². The predicted molar refractivity (Wildman–Crippen MR) is 76.5 cm³/mol. The molecular weight excluding hydrogens is 224 g/mol. The lowest BCUT2D eigenvalue weighted by molar-refractivity contribution is 0.342. The van der Waals surface area contributed by atoms with Crippen molar-refractivity contribution in [2.24, 2.45) is 0 Å². The first kappa shape index (κ1) is 12.3. The molecule has 0 saturated heterocycles. The van der Waals surface area contributed by atoms with Crippen LogP contribution in [-0.2, 0) is 0 Å². The molecule has 0 fully saturated rings. The molecule has 0 aromatic heterocycles. The molecule has 0 amide bonds. The fourth-order valence-electron chi connectivity index (χ4n) is 1.77. The van der Waals surface area contributed by atoms with E-state index < -0.39 is 0 Å². The Kier molecular flexibility index (Phi) is 3.72. The zero-order chi connectivity index (χ0) is 13.0. The van der Waals surface area contributed by atoms with Gasteiger partial charge in [0.25, 0.3) is 0 Å². The van der Waals surface area contributed by atoms with E-state index in [-0.39, 0.29) is 0 Å². The standard InChI is InChI=1S/C15H18N2O/c1-3-18-15-7-5-4-6-13(15)17-14-10-11(2)8-9-12(14)16/h4-10,17H,3,16H2,1-2H3. The predicted octanol–water partition coefficient (Wildman–Crippen LogP) is 3.72. The molecule has 3 N–H and O–H groups in total. The van der Waals surface area contributed by atoms with Crippen molar-refractivity contribution in [2.45, 2.75) is 13.8 Å². The molecule has 0 spiro atoms. The second kappa shape index (κ2) is 5.45. The lowest BCUT2D eigenvalue weighted by atomic mass is 10.2. The number of nitrogen functional groups attached to an aromatic ring is 1. The number of hydrogen-bond acceptors (Lipinski definition) is 3. The molecule has 0 aliphatic rings. The van der Waals surface area contributed by atoms with Gasteiger partial charge in [-0.05, 0) is 43.7 Å². The molecule has 0 heterocycles. The van der Waals surface area contributed by atoms with Gasteiger partial charge in [-0.15, -0.1) is 0 Å². The van der Waals surface area contributed by atoms with Crippen LogP contribution in [0.2, 0.25) is 0 Å². The van der Waals surface area contributed by atoms with Gasteiger partial charge in [0, 0.05) is 0 Å². The monoisotopic (exact) mass is 242 g/mol. The summed E-state index contributed by atoms with van der Waals surface area (Å²) in [7, 11) is 0. The highest BCUT2D eigenvalue weighted by molar-refractivity contribution is 5.75. The normalized spacial score (nSPS) is 10.1. The van der Waals surface area contributed by atoms with E-state index in [2.05, 4.69) is 5.32 Å². The molecule has 2 aromatic carbocycles. The summed E-state index contributed by atoms with van der Waals surface area (Å²) in [6.45, 7) is 4.65. The first-order valence-corrected chi connectivity index (χ1v) is 6.05. The average Bonchev–Trinajstić information content (AvgIpc) is 2.36. The summed E-state index contributed by atoms with van der Waals surface area (Å²) < 4.78 is 5.58. The Morgan fingerprint density at radius 3 is 2.67 bits per heavy atom. The van der Waals surface area contributed by atoms with E-state index in [0.29, 0.717) is 6.61 Å². The maximum atomic E-state index is 5.96. The summed E-state index contributed by atoms with van der Waals surface area (Å²) in [5.41, 5.74) is 9.69. The maximum absolute atomic E-state index is 5.96. The van der Waals surface area contributed by atoms with E-state index in [1.807, 2.05) is 56.3 Å². The first-order valence-electron chi connectivity index (χ1n) is 6.05. The molecule has 0 aliphatic carbocycles. The highest BCUT2D eigenvalue weighted by Crippen LogP contribution is 2.30. The third-order valence-electron chi connectivity index (χ3n) is 2.67. The van der Waals surface area contributed by atoms with Gasteiger partial charge < -0.3 is 15.8 Å². The average molecular weight is 242 g/mol. The topological polar surface area (TPSA) is 47.3 Å².